The number of nitrogens with zero attached hydrogens (tertiary/aromatic N) is 3. The number of carbonyl (C=O) groups excluding carboxylic acids is 2. The third-order valence-electron chi connectivity index (χ3n) is 6.85. The number of ether oxygens (including phenoxy) is 3. The molecule has 1 atom stereocenters. The van der Waals surface area contributed by atoms with Gasteiger partial charge in [-0.2, -0.15) is 0 Å². The number of Topliss-reactive ketones (excluding diaryl/α,β-unsaturated/α-hetero) is 1. The zero-order valence-corrected chi connectivity index (χ0v) is 24.6. The predicted molar refractivity (Wildman–Crippen MR) is 162 cm³/mol. The van der Waals surface area contributed by atoms with Crippen LogP contribution in [0, 0.1) is 0 Å². The van der Waals surface area contributed by atoms with Crippen molar-refractivity contribution in [1.82, 2.24) is 9.97 Å². The first-order valence-corrected chi connectivity index (χ1v) is 14.9. The highest BCUT2D eigenvalue weighted by Crippen LogP contribution is 2.46. The molecule has 4 aromatic rings. The Hall–Kier alpha value is -4.44. The lowest BCUT2D eigenvalue weighted by Crippen LogP contribution is -2.29. The average Bonchev–Trinajstić information content (AvgIpc) is 3.53. The molecule has 0 aliphatic carbocycles. The summed E-state index contributed by atoms with van der Waals surface area (Å²) in [5.74, 6) is -0.120. The largest absolute Gasteiger partial charge is 0.507 e. The number of ketones is 1. The van der Waals surface area contributed by atoms with Crippen molar-refractivity contribution >= 4 is 44.1 Å². The van der Waals surface area contributed by atoms with E-state index in [0.717, 1.165) is 24.0 Å². The van der Waals surface area contributed by atoms with Crippen molar-refractivity contribution in [2.75, 3.05) is 24.7 Å². The molecular weight excluding hydrogens is 554 g/mol. The van der Waals surface area contributed by atoms with Crippen LogP contribution in [0.3, 0.4) is 0 Å². The number of benzene rings is 2. The van der Waals surface area contributed by atoms with Gasteiger partial charge in [0.15, 0.2) is 16.6 Å². The Morgan fingerprint density at radius 2 is 1.71 bits per heavy atom. The summed E-state index contributed by atoms with van der Waals surface area (Å²) in [6.45, 7) is 7.37. The molecule has 5 rings (SSSR count). The first-order chi connectivity index (χ1) is 20.5. The number of rotatable bonds is 12. The molecule has 1 fully saturated rings. The molecule has 218 valence electrons. The van der Waals surface area contributed by atoms with E-state index in [4.69, 9.17) is 19.2 Å². The number of anilines is 1. The lowest BCUT2D eigenvalue weighted by molar-refractivity contribution is -0.132. The van der Waals surface area contributed by atoms with Crippen LogP contribution in [0.25, 0.3) is 16.0 Å². The topological polar surface area (TPSA) is 111 Å². The van der Waals surface area contributed by atoms with Crippen LogP contribution in [0.15, 0.2) is 66.5 Å². The van der Waals surface area contributed by atoms with Crippen molar-refractivity contribution in [2.45, 2.75) is 46.1 Å². The minimum atomic E-state index is -0.960. The molecule has 0 radical (unpaired) electrons. The fraction of sp³-hybridized carbons (Fsp3) is 0.312. The molecule has 1 amide bonds. The van der Waals surface area contributed by atoms with Gasteiger partial charge >= 0.3 is 5.91 Å². The summed E-state index contributed by atoms with van der Waals surface area (Å²) < 4.78 is 18.4. The lowest BCUT2D eigenvalue weighted by Gasteiger charge is -2.24. The Labute approximate surface area is 248 Å². The molecule has 10 heteroatoms. The van der Waals surface area contributed by atoms with Crippen LogP contribution in [0.5, 0.6) is 17.2 Å². The first-order valence-electron chi connectivity index (χ1n) is 14.1. The number of unbranched alkanes of at least 4 members (excludes halogenated alkanes) is 2. The summed E-state index contributed by atoms with van der Waals surface area (Å²) in [6, 6.07) is 13.1. The molecule has 0 spiro atoms. The van der Waals surface area contributed by atoms with E-state index in [1.165, 1.54) is 28.6 Å². The maximum absolute atomic E-state index is 13.7. The van der Waals surface area contributed by atoms with Crippen LogP contribution >= 0.6 is 11.3 Å². The van der Waals surface area contributed by atoms with E-state index in [1.54, 1.807) is 30.3 Å². The van der Waals surface area contributed by atoms with E-state index in [9.17, 15) is 14.7 Å². The fourth-order valence-electron chi connectivity index (χ4n) is 4.88. The van der Waals surface area contributed by atoms with Gasteiger partial charge in [0.25, 0.3) is 5.78 Å². The van der Waals surface area contributed by atoms with Crippen molar-refractivity contribution in [2.24, 2.45) is 0 Å². The minimum Gasteiger partial charge on any atom is -0.507 e. The average molecular weight is 588 g/mol. The van der Waals surface area contributed by atoms with Crippen LogP contribution < -0.4 is 19.1 Å². The number of aliphatic hydroxyl groups is 1. The summed E-state index contributed by atoms with van der Waals surface area (Å²) in [4.78, 5) is 37.3. The Balaban J connectivity index is 1.64. The third kappa shape index (κ3) is 5.80. The summed E-state index contributed by atoms with van der Waals surface area (Å²) in [6.07, 6.45) is 6.08. The molecule has 0 bridgehead atoms. The van der Waals surface area contributed by atoms with Gasteiger partial charge in [-0.25, -0.2) is 4.98 Å². The molecule has 1 aliphatic rings. The van der Waals surface area contributed by atoms with Gasteiger partial charge in [0.05, 0.1) is 41.7 Å². The molecule has 9 nitrogen and oxygen atoms in total. The number of hydrogen-bond acceptors (Lipinski definition) is 9. The van der Waals surface area contributed by atoms with Gasteiger partial charge in [0.1, 0.15) is 11.5 Å². The second-order valence-electron chi connectivity index (χ2n) is 9.66. The molecule has 3 heterocycles. The molecule has 1 unspecified atom stereocenters. The third-order valence-corrected chi connectivity index (χ3v) is 7.87. The van der Waals surface area contributed by atoms with Crippen LogP contribution in [-0.4, -0.2) is 46.6 Å². The van der Waals surface area contributed by atoms with Crippen LogP contribution in [0.1, 0.15) is 57.2 Å². The van der Waals surface area contributed by atoms with E-state index in [-0.39, 0.29) is 11.3 Å². The standard InChI is InChI=1S/C32H33N3O6S/c1-4-7-8-17-41-24-12-9-21(18-25(24)40-6-3)28-27(29(36)20-13-15-33-16-14-20)30(37)31(38)35(28)32-34-23-11-10-22(39-5-2)19-26(23)42-32/h9-16,18-19,28,36H,4-8,17H2,1-3H3/b29-27+. The zero-order valence-electron chi connectivity index (χ0n) is 23.8. The van der Waals surface area contributed by atoms with Gasteiger partial charge in [-0.3, -0.25) is 19.5 Å². The van der Waals surface area contributed by atoms with E-state index >= 15 is 0 Å². The summed E-state index contributed by atoms with van der Waals surface area (Å²) in [5.41, 5.74) is 1.57. The minimum absolute atomic E-state index is 0.0421. The van der Waals surface area contributed by atoms with E-state index in [1.807, 2.05) is 32.0 Å². The maximum atomic E-state index is 13.7. The number of carbonyl (C=O) groups is 2. The van der Waals surface area contributed by atoms with Crippen molar-refractivity contribution in [1.29, 1.82) is 0 Å². The molecule has 2 aromatic heterocycles. The lowest BCUT2D eigenvalue weighted by atomic mass is 9.95. The number of fused-ring (bicyclic) bond motifs is 1. The van der Waals surface area contributed by atoms with Crippen molar-refractivity contribution < 1.29 is 28.9 Å². The van der Waals surface area contributed by atoms with Gasteiger partial charge in [0.2, 0.25) is 0 Å². The second kappa shape index (κ2) is 13.0. The first kappa shape index (κ1) is 29.1. The summed E-state index contributed by atoms with van der Waals surface area (Å²) in [5, 5.41) is 11.7. The Morgan fingerprint density at radius 3 is 2.45 bits per heavy atom. The highest BCUT2D eigenvalue weighted by atomic mass is 32.1. The number of aromatic nitrogens is 2. The monoisotopic (exact) mass is 587 g/mol. The van der Waals surface area contributed by atoms with Gasteiger partial charge in [-0.15, -0.1) is 0 Å². The number of pyridine rings is 1. The zero-order chi connectivity index (χ0) is 29.6. The van der Waals surface area contributed by atoms with Gasteiger partial charge in [-0.05, 0) is 68.3 Å². The molecule has 1 N–H and O–H groups in total. The molecule has 0 saturated carbocycles. The Bertz CT molecular complexity index is 1620. The molecule has 1 aliphatic heterocycles. The SMILES string of the molecule is CCCCCOc1ccc(C2/C(=C(\O)c3ccncc3)C(=O)C(=O)N2c2nc3ccc(OCC)cc3s2)cc1OCC. The van der Waals surface area contributed by atoms with E-state index in [0.29, 0.717) is 58.8 Å². The van der Waals surface area contributed by atoms with Gasteiger partial charge < -0.3 is 19.3 Å². The number of thiazole rings is 1. The van der Waals surface area contributed by atoms with Gasteiger partial charge in [-0.1, -0.05) is 37.2 Å². The molecule has 42 heavy (non-hydrogen) atoms. The van der Waals surface area contributed by atoms with Crippen LogP contribution in [0.2, 0.25) is 0 Å². The van der Waals surface area contributed by atoms with Crippen molar-refractivity contribution in [3.8, 4) is 17.2 Å². The van der Waals surface area contributed by atoms with E-state index < -0.39 is 17.7 Å². The second-order valence-corrected chi connectivity index (χ2v) is 10.7. The smallest absolute Gasteiger partial charge is 0.301 e. The Kier molecular flexibility index (Phi) is 9.02. The van der Waals surface area contributed by atoms with Gasteiger partial charge in [0, 0.05) is 18.0 Å². The molecule has 2 aromatic carbocycles. The van der Waals surface area contributed by atoms with Crippen LogP contribution in [0.4, 0.5) is 5.13 Å². The maximum Gasteiger partial charge on any atom is 0.301 e. The normalized spacial score (nSPS) is 16.3. The van der Waals surface area contributed by atoms with Crippen molar-refractivity contribution in [3.05, 3.63) is 77.6 Å². The number of aliphatic hydroxyl groups excluding tert-OH is 1. The highest BCUT2D eigenvalue weighted by Gasteiger charge is 2.48. The predicted octanol–water partition coefficient (Wildman–Crippen LogP) is 6.68. The summed E-state index contributed by atoms with van der Waals surface area (Å²) in [7, 11) is 0. The van der Waals surface area contributed by atoms with E-state index in [2.05, 4.69) is 11.9 Å². The van der Waals surface area contributed by atoms with Crippen molar-refractivity contribution in [3.63, 3.8) is 0 Å². The fourth-order valence-corrected chi connectivity index (χ4v) is 5.90. The molecular formula is C32H33N3O6S. The van der Waals surface area contributed by atoms with Crippen LogP contribution in [-0.2, 0) is 9.59 Å². The number of hydrogen-bond donors (Lipinski definition) is 1. The Morgan fingerprint density at radius 1 is 0.929 bits per heavy atom. The number of amides is 1. The summed E-state index contributed by atoms with van der Waals surface area (Å²) >= 11 is 1.27. The molecule has 1 saturated heterocycles. The quantitative estimate of drug-likeness (QED) is 0.0845. The highest BCUT2D eigenvalue weighted by molar-refractivity contribution is 7.22.